The number of amides is 2. The van der Waals surface area contributed by atoms with Crippen molar-refractivity contribution in [1.82, 2.24) is 10.6 Å². The molecule has 71 heavy (non-hydrogen) atoms. The summed E-state index contributed by atoms with van der Waals surface area (Å²) in [6.07, 6.45) is 25.9. The van der Waals surface area contributed by atoms with Gasteiger partial charge in [0.1, 0.15) is 30.5 Å². The van der Waals surface area contributed by atoms with E-state index in [1.807, 2.05) is 0 Å². The number of unbranched alkanes of at least 4 members (excludes halogenated alkanes) is 28. The van der Waals surface area contributed by atoms with Crippen molar-refractivity contribution >= 4 is 23.4 Å². The van der Waals surface area contributed by atoms with Gasteiger partial charge in [-0.25, -0.2) is 0 Å². The Kier molecular flexibility index (Phi) is 36.6. The molecule has 7 N–H and O–H groups in total. The maximum absolute atomic E-state index is 13.4. The number of alkyl halides is 3. The first-order valence-electron chi connectivity index (χ1n) is 28.0. The van der Waals surface area contributed by atoms with Crippen molar-refractivity contribution < 1.29 is 57.8 Å². The van der Waals surface area contributed by atoms with Crippen LogP contribution >= 0.6 is 11.6 Å². The van der Waals surface area contributed by atoms with Crippen LogP contribution in [0.5, 0.6) is 0 Å². The number of carbonyl (C=O) groups excluding carboxylic acids is 2. The zero-order chi connectivity index (χ0) is 52.1. The molecular formula is C56H96ClF3N2O9. The lowest BCUT2D eigenvalue weighted by molar-refractivity contribution is -0.297. The molecule has 11 nitrogen and oxygen atoms in total. The maximum atomic E-state index is 13.4. The zero-order valence-corrected chi connectivity index (χ0v) is 44.4. The second kappa shape index (κ2) is 40.1. The molecule has 1 aromatic rings. The van der Waals surface area contributed by atoms with Crippen LogP contribution in [0.25, 0.3) is 0 Å². The van der Waals surface area contributed by atoms with E-state index in [0.29, 0.717) is 18.9 Å². The second-order valence-electron chi connectivity index (χ2n) is 20.1. The van der Waals surface area contributed by atoms with E-state index in [0.717, 1.165) is 57.1 Å². The molecule has 3 unspecified atom stereocenters. The summed E-state index contributed by atoms with van der Waals surface area (Å²) >= 11 is 5.69. The Labute approximate surface area is 430 Å². The monoisotopic (exact) mass is 1030 g/mol. The molecule has 1 aliphatic rings. The number of halogens is 4. The van der Waals surface area contributed by atoms with Crippen molar-refractivity contribution in [2.75, 3.05) is 13.2 Å². The lowest BCUT2D eigenvalue weighted by Crippen LogP contribution is -2.61. The average molecular weight is 1030 g/mol. The Morgan fingerprint density at radius 2 is 1.14 bits per heavy atom. The average Bonchev–Trinajstić information content (AvgIpc) is 3.34. The van der Waals surface area contributed by atoms with Gasteiger partial charge < -0.3 is 45.6 Å². The van der Waals surface area contributed by atoms with Gasteiger partial charge in [-0.2, -0.15) is 13.2 Å². The van der Waals surface area contributed by atoms with Crippen molar-refractivity contribution in [3.63, 3.8) is 0 Å². The molecule has 0 aliphatic carbocycles. The molecule has 1 aliphatic heterocycles. The molecule has 0 aromatic heterocycles. The van der Waals surface area contributed by atoms with Gasteiger partial charge in [-0.05, 0) is 56.7 Å². The standard InChI is InChI=1S/C56H96ClF3N2O9/c1-3-5-7-9-11-13-15-17-18-19-20-21-22-23-24-25-27-29-31-33-35-37-49(64)62-46(50(65)47(63)36-34-32-30-28-26-16-14-12-10-8-6-4-2)42-70-55-53(68)52(67)51(66)48(71-55)41-61-54(69)43-38-39-45(57)44(40-43)56(58,59)60/h17-18,38-40,46-48,50-53,55,63,65-68H,3-16,19-37,41-42H2,1-2H3,(H,61,69)(H,62,64)/b18-17-/t46-,47+,48?,50-,51-,52?,53?,55-/m0/s1. The summed E-state index contributed by atoms with van der Waals surface area (Å²) in [4.78, 5) is 26.1. The highest BCUT2D eigenvalue weighted by atomic mass is 35.5. The number of ether oxygens (including phenoxy) is 2. The molecule has 8 atom stereocenters. The Bertz CT molecular complexity index is 1540. The van der Waals surface area contributed by atoms with Crippen LogP contribution in [0.4, 0.5) is 13.2 Å². The molecule has 0 saturated carbocycles. The first kappa shape index (κ1) is 64.8. The minimum atomic E-state index is -4.81. The Balaban J connectivity index is 1.83. The predicted octanol–water partition coefficient (Wildman–Crippen LogP) is 12.6. The highest BCUT2D eigenvalue weighted by Gasteiger charge is 2.45. The van der Waals surface area contributed by atoms with Gasteiger partial charge in [0.2, 0.25) is 5.91 Å². The molecule has 1 aromatic carbocycles. The van der Waals surface area contributed by atoms with Gasteiger partial charge in [0.25, 0.3) is 5.91 Å². The van der Waals surface area contributed by atoms with Gasteiger partial charge in [0.15, 0.2) is 6.29 Å². The molecule has 0 radical (unpaired) electrons. The van der Waals surface area contributed by atoms with Crippen molar-refractivity contribution in [2.45, 2.75) is 281 Å². The van der Waals surface area contributed by atoms with Crippen LogP contribution in [0.15, 0.2) is 30.4 Å². The van der Waals surface area contributed by atoms with Crippen LogP contribution in [0, 0.1) is 0 Å². The molecule has 1 fully saturated rings. The molecule has 2 amide bonds. The van der Waals surface area contributed by atoms with E-state index in [1.165, 1.54) is 141 Å². The quantitative estimate of drug-likeness (QED) is 0.0248. The Morgan fingerprint density at radius 1 is 0.676 bits per heavy atom. The SMILES string of the molecule is CCCCCCCC/C=C\CCCCCCCCCCCCCC(=O)N[C@@H](CO[C@H]1OC(CNC(=O)c2ccc(Cl)c(C(F)(F)F)c2)[C@H](O)C(O)C1O)[C@H](O)[C@H](O)CCCCCCCCCCCCCC. The lowest BCUT2D eigenvalue weighted by Gasteiger charge is -2.41. The van der Waals surface area contributed by atoms with Crippen molar-refractivity contribution in [2.24, 2.45) is 0 Å². The van der Waals surface area contributed by atoms with Crippen molar-refractivity contribution in [3.05, 3.63) is 46.5 Å². The molecule has 412 valence electrons. The van der Waals surface area contributed by atoms with Crippen LogP contribution in [0.3, 0.4) is 0 Å². The van der Waals surface area contributed by atoms with Gasteiger partial charge in [0.05, 0.1) is 29.3 Å². The summed E-state index contributed by atoms with van der Waals surface area (Å²) in [6.45, 7) is 3.53. The fourth-order valence-corrected chi connectivity index (χ4v) is 9.38. The van der Waals surface area contributed by atoms with E-state index < -0.39 is 84.8 Å². The topological polar surface area (TPSA) is 178 Å². The van der Waals surface area contributed by atoms with Gasteiger partial charge >= 0.3 is 6.18 Å². The third-order valence-corrected chi connectivity index (χ3v) is 14.1. The van der Waals surface area contributed by atoms with Crippen LogP contribution in [0.2, 0.25) is 5.02 Å². The number of aliphatic hydroxyl groups is 5. The summed E-state index contributed by atoms with van der Waals surface area (Å²) in [5.74, 6) is -1.29. The predicted molar refractivity (Wildman–Crippen MR) is 278 cm³/mol. The van der Waals surface area contributed by atoms with Gasteiger partial charge in [-0.3, -0.25) is 9.59 Å². The molecule has 15 heteroatoms. The van der Waals surface area contributed by atoms with Crippen molar-refractivity contribution in [1.29, 1.82) is 0 Å². The number of hydrogen-bond donors (Lipinski definition) is 7. The fourth-order valence-electron chi connectivity index (χ4n) is 9.16. The number of benzene rings is 1. The summed E-state index contributed by atoms with van der Waals surface area (Å²) in [6, 6.07) is 1.50. The lowest BCUT2D eigenvalue weighted by atomic mass is 9.98. The number of carbonyl (C=O) groups is 2. The minimum Gasteiger partial charge on any atom is -0.390 e. The Hall–Kier alpha value is -2.30. The molecular weight excluding hydrogens is 937 g/mol. The van der Waals surface area contributed by atoms with E-state index in [2.05, 4.69) is 36.6 Å². The van der Waals surface area contributed by atoms with E-state index >= 15 is 0 Å². The molecule has 2 rings (SSSR count). The highest BCUT2D eigenvalue weighted by molar-refractivity contribution is 6.31. The second-order valence-corrected chi connectivity index (χ2v) is 20.5. The van der Waals surface area contributed by atoms with Gasteiger partial charge in [-0.1, -0.05) is 205 Å². The van der Waals surface area contributed by atoms with E-state index in [9.17, 15) is 48.3 Å². The normalized spacial score (nSPS) is 19.8. The smallest absolute Gasteiger partial charge is 0.390 e. The number of nitrogens with one attached hydrogen (secondary N) is 2. The number of rotatable bonds is 43. The first-order chi connectivity index (χ1) is 34.2. The first-order valence-corrected chi connectivity index (χ1v) is 28.4. The molecule has 0 spiro atoms. The van der Waals surface area contributed by atoms with E-state index in [1.54, 1.807) is 0 Å². The van der Waals surface area contributed by atoms with E-state index in [-0.39, 0.29) is 24.3 Å². The number of allylic oxidation sites excluding steroid dienone is 2. The van der Waals surface area contributed by atoms with Crippen LogP contribution in [0.1, 0.15) is 242 Å². The van der Waals surface area contributed by atoms with E-state index in [4.69, 9.17) is 21.1 Å². The zero-order valence-electron chi connectivity index (χ0n) is 43.6. The van der Waals surface area contributed by atoms with Gasteiger partial charge in [0, 0.05) is 18.5 Å². The fraction of sp³-hybridized carbons (Fsp3) is 0.821. The molecule has 0 bridgehead atoms. The maximum Gasteiger partial charge on any atom is 0.417 e. The summed E-state index contributed by atoms with van der Waals surface area (Å²) < 4.78 is 51.8. The number of aliphatic hydroxyl groups excluding tert-OH is 5. The molecule has 1 heterocycles. The van der Waals surface area contributed by atoms with Gasteiger partial charge in [-0.15, -0.1) is 0 Å². The van der Waals surface area contributed by atoms with Crippen LogP contribution in [-0.4, -0.2) is 99.5 Å². The summed E-state index contributed by atoms with van der Waals surface area (Å²) in [5, 5.41) is 59.2. The summed E-state index contributed by atoms with van der Waals surface area (Å²) in [5.41, 5.74) is -1.57. The van der Waals surface area contributed by atoms with Crippen LogP contribution < -0.4 is 10.6 Å². The minimum absolute atomic E-state index is 0.194. The molecule has 1 saturated heterocycles. The highest BCUT2D eigenvalue weighted by Crippen LogP contribution is 2.35. The Morgan fingerprint density at radius 3 is 1.63 bits per heavy atom. The van der Waals surface area contributed by atoms with Crippen molar-refractivity contribution in [3.8, 4) is 0 Å². The number of hydrogen-bond acceptors (Lipinski definition) is 9. The summed E-state index contributed by atoms with van der Waals surface area (Å²) in [7, 11) is 0. The third kappa shape index (κ3) is 29.4. The van der Waals surface area contributed by atoms with Crippen LogP contribution in [-0.2, 0) is 20.4 Å². The largest absolute Gasteiger partial charge is 0.417 e. The third-order valence-electron chi connectivity index (χ3n) is 13.8.